The van der Waals surface area contributed by atoms with E-state index in [4.69, 9.17) is 0 Å². The van der Waals surface area contributed by atoms with E-state index in [2.05, 4.69) is 34.1 Å². The summed E-state index contributed by atoms with van der Waals surface area (Å²) in [7, 11) is -2.13. The van der Waals surface area contributed by atoms with Crippen LogP contribution in [0.3, 0.4) is 0 Å². The Morgan fingerprint density at radius 3 is 2.43 bits per heavy atom. The molecule has 0 bridgehead atoms. The maximum Gasteiger partial charge on any atom is 0.253 e. The third kappa shape index (κ3) is 3.43. The molecule has 4 rings (SSSR count). The third-order valence-electron chi connectivity index (χ3n) is 5.52. The zero-order valence-electron chi connectivity index (χ0n) is 15.7. The molecular formula is C21H23N3O3S. The van der Waals surface area contributed by atoms with Gasteiger partial charge in [-0.15, -0.1) is 0 Å². The van der Waals surface area contributed by atoms with Crippen LogP contribution < -0.4 is 4.72 Å². The minimum Gasteiger partial charge on any atom is -0.361 e. The van der Waals surface area contributed by atoms with Gasteiger partial charge < -0.3 is 9.88 Å². The van der Waals surface area contributed by atoms with Crippen LogP contribution in [0.15, 0.2) is 59.6 Å². The minimum atomic E-state index is -3.49. The van der Waals surface area contributed by atoms with Gasteiger partial charge >= 0.3 is 0 Å². The molecule has 0 saturated carbocycles. The SMILES string of the molecule is CNS(=O)(=O)c1ccc(C(=O)N2CCC(c3c[nH]c4ccccc34)CC2)cc1. The highest BCUT2D eigenvalue weighted by atomic mass is 32.2. The van der Waals surface area contributed by atoms with Gasteiger partial charge in [0.1, 0.15) is 0 Å². The van der Waals surface area contributed by atoms with Crippen LogP contribution in [-0.4, -0.2) is 44.3 Å². The number of sulfonamides is 1. The molecule has 1 aliphatic heterocycles. The van der Waals surface area contributed by atoms with Gasteiger partial charge in [-0.05, 0) is 61.7 Å². The van der Waals surface area contributed by atoms with Crippen LogP contribution >= 0.6 is 0 Å². The number of para-hydroxylation sites is 1. The molecule has 3 aromatic rings. The van der Waals surface area contributed by atoms with Crippen molar-refractivity contribution in [1.29, 1.82) is 0 Å². The van der Waals surface area contributed by atoms with Crippen LogP contribution in [0.2, 0.25) is 0 Å². The number of hydrogen-bond acceptors (Lipinski definition) is 3. The topological polar surface area (TPSA) is 82.3 Å². The van der Waals surface area contributed by atoms with Crippen molar-refractivity contribution in [2.24, 2.45) is 0 Å². The van der Waals surface area contributed by atoms with Gasteiger partial charge in [-0.2, -0.15) is 0 Å². The number of likely N-dealkylation sites (tertiary alicyclic amines) is 1. The van der Waals surface area contributed by atoms with Crippen LogP contribution in [-0.2, 0) is 10.0 Å². The average molecular weight is 398 g/mol. The molecule has 1 saturated heterocycles. The second-order valence-electron chi connectivity index (χ2n) is 7.09. The molecule has 1 fully saturated rings. The van der Waals surface area contributed by atoms with E-state index in [1.807, 2.05) is 11.0 Å². The van der Waals surface area contributed by atoms with Crippen molar-refractivity contribution < 1.29 is 13.2 Å². The molecular weight excluding hydrogens is 374 g/mol. The average Bonchev–Trinajstić information content (AvgIpc) is 3.17. The second kappa shape index (κ2) is 7.41. The number of H-pyrrole nitrogens is 1. The first-order chi connectivity index (χ1) is 13.5. The van der Waals surface area contributed by atoms with Gasteiger partial charge in [0.15, 0.2) is 0 Å². The molecule has 2 N–H and O–H groups in total. The molecule has 2 heterocycles. The van der Waals surface area contributed by atoms with E-state index in [9.17, 15) is 13.2 Å². The van der Waals surface area contributed by atoms with Crippen LogP contribution in [0.25, 0.3) is 10.9 Å². The monoisotopic (exact) mass is 397 g/mol. The predicted octanol–water partition coefficient (Wildman–Crippen LogP) is 3.10. The number of nitrogens with one attached hydrogen (secondary N) is 2. The van der Waals surface area contributed by atoms with Crippen molar-refractivity contribution in [2.75, 3.05) is 20.1 Å². The van der Waals surface area contributed by atoms with Crippen molar-refractivity contribution in [2.45, 2.75) is 23.7 Å². The Morgan fingerprint density at radius 1 is 1.07 bits per heavy atom. The van der Waals surface area contributed by atoms with Crippen LogP contribution in [0.4, 0.5) is 0 Å². The van der Waals surface area contributed by atoms with Crippen LogP contribution in [0, 0.1) is 0 Å². The van der Waals surface area contributed by atoms with E-state index in [0.717, 1.165) is 18.4 Å². The summed E-state index contributed by atoms with van der Waals surface area (Å²) in [6.45, 7) is 1.39. The zero-order valence-corrected chi connectivity index (χ0v) is 16.5. The van der Waals surface area contributed by atoms with E-state index in [1.54, 1.807) is 12.1 Å². The minimum absolute atomic E-state index is 0.0502. The van der Waals surface area contributed by atoms with Crippen molar-refractivity contribution in [3.63, 3.8) is 0 Å². The van der Waals surface area contributed by atoms with Gasteiger partial charge in [0.2, 0.25) is 10.0 Å². The number of benzene rings is 2. The number of aromatic nitrogens is 1. The molecule has 7 heteroatoms. The Hall–Kier alpha value is -2.64. The molecule has 0 spiro atoms. The fraction of sp³-hybridized carbons (Fsp3) is 0.286. The van der Waals surface area contributed by atoms with E-state index < -0.39 is 10.0 Å². The first-order valence-corrected chi connectivity index (χ1v) is 10.9. The largest absolute Gasteiger partial charge is 0.361 e. The predicted molar refractivity (Wildman–Crippen MR) is 109 cm³/mol. The van der Waals surface area contributed by atoms with E-state index >= 15 is 0 Å². The molecule has 1 aliphatic rings. The van der Waals surface area contributed by atoms with Gasteiger partial charge in [-0.3, -0.25) is 4.79 Å². The summed E-state index contributed by atoms with van der Waals surface area (Å²) in [4.78, 5) is 18.1. The summed E-state index contributed by atoms with van der Waals surface area (Å²) in [5.74, 6) is 0.383. The summed E-state index contributed by atoms with van der Waals surface area (Å²) >= 11 is 0. The first-order valence-electron chi connectivity index (χ1n) is 9.38. The lowest BCUT2D eigenvalue weighted by Crippen LogP contribution is -2.37. The summed E-state index contributed by atoms with van der Waals surface area (Å²) in [5, 5.41) is 1.26. The number of nitrogens with zero attached hydrogens (tertiary/aromatic N) is 1. The number of aromatic amines is 1. The number of rotatable bonds is 4. The van der Waals surface area contributed by atoms with Crippen LogP contribution in [0.1, 0.15) is 34.7 Å². The molecule has 0 aliphatic carbocycles. The van der Waals surface area contributed by atoms with Gasteiger partial charge in [0, 0.05) is 35.8 Å². The fourth-order valence-electron chi connectivity index (χ4n) is 3.90. The Kier molecular flexibility index (Phi) is 4.95. The van der Waals surface area contributed by atoms with Crippen LogP contribution in [0.5, 0.6) is 0 Å². The fourth-order valence-corrected chi connectivity index (χ4v) is 4.63. The lowest BCUT2D eigenvalue weighted by Gasteiger charge is -2.32. The van der Waals surface area contributed by atoms with Crippen molar-refractivity contribution in [3.05, 3.63) is 65.9 Å². The van der Waals surface area contributed by atoms with Gasteiger partial charge in [-0.1, -0.05) is 18.2 Å². The Balaban J connectivity index is 1.44. The maximum absolute atomic E-state index is 12.8. The van der Waals surface area contributed by atoms with Gasteiger partial charge in [-0.25, -0.2) is 13.1 Å². The summed E-state index contributed by atoms with van der Waals surface area (Å²) < 4.78 is 25.9. The number of carbonyl (C=O) groups excluding carboxylic acids is 1. The summed E-state index contributed by atoms with van der Waals surface area (Å²) in [5.41, 5.74) is 2.98. The number of piperidine rings is 1. The third-order valence-corrected chi connectivity index (χ3v) is 6.95. The highest BCUT2D eigenvalue weighted by Crippen LogP contribution is 2.33. The lowest BCUT2D eigenvalue weighted by atomic mass is 9.89. The maximum atomic E-state index is 12.8. The molecule has 146 valence electrons. The van der Waals surface area contributed by atoms with E-state index in [1.165, 1.54) is 30.1 Å². The number of amides is 1. The molecule has 28 heavy (non-hydrogen) atoms. The highest BCUT2D eigenvalue weighted by molar-refractivity contribution is 7.89. The van der Waals surface area contributed by atoms with E-state index in [-0.39, 0.29) is 10.8 Å². The lowest BCUT2D eigenvalue weighted by molar-refractivity contribution is 0.0713. The normalized spacial score (nSPS) is 15.8. The smallest absolute Gasteiger partial charge is 0.253 e. The number of carbonyl (C=O) groups is 1. The Bertz CT molecular complexity index is 1100. The first kappa shape index (κ1) is 18.7. The molecule has 0 unspecified atom stereocenters. The number of fused-ring (bicyclic) bond motifs is 1. The zero-order chi connectivity index (χ0) is 19.7. The summed E-state index contributed by atoms with van der Waals surface area (Å²) in [6.07, 6.45) is 3.92. The van der Waals surface area contributed by atoms with Crippen molar-refractivity contribution in [1.82, 2.24) is 14.6 Å². The number of hydrogen-bond donors (Lipinski definition) is 2. The molecule has 0 radical (unpaired) electrons. The van der Waals surface area contributed by atoms with Gasteiger partial charge in [0.25, 0.3) is 5.91 Å². The molecule has 2 aromatic carbocycles. The van der Waals surface area contributed by atoms with Crippen molar-refractivity contribution >= 4 is 26.8 Å². The molecule has 1 aromatic heterocycles. The quantitative estimate of drug-likeness (QED) is 0.710. The van der Waals surface area contributed by atoms with E-state index in [0.29, 0.717) is 24.6 Å². The molecule has 0 atom stereocenters. The summed E-state index contributed by atoms with van der Waals surface area (Å²) in [6, 6.07) is 14.4. The molecule has 1 amide bonds. The second-order valence-corrected chi connectivity index (χ2v) is 8.97. The molecule has 6 nitrogen and oxygen atoms in total. The Morgan fingerprint density at radius 2 is 1.75 bits per heavy atom. The highest BCUT2D eigenvalue weighted by Gasteiger charge is 2.26. The standard InChI is InChI=1S/C21H23N3O3S/c1-22-28(26,27)17-8-6-16(7-9-17)21(25)24-12-10-15(11-13-24)19-14-23-20-5-3-2-4-18(19)20/h2-9,14-15,22-23H,10-13H2,1H3. The van der Waals surface area contributed by atoms with Gasteiger partial charge in [0.05, 0.1) is 4.90 Å². The van der Waals surface area contributed by atoms with Crippen molar-refractivity contribution in [3.8, 4) is 0 Å². The Labute approximate surface area is 164 Å².